The highest BCUT2D eigenvalue weighted by Gasteiger charge is 2.21. The molecule has 0 aliphatic heterocycles. The van der Waals surface area contributed by atoms with Gasteiger partial charge in [-0.3, -0.25) is 9.20 Å². The third kappa shape index (κ3) is 3.25. The molecule has 0 fully saturated rings. The molecule has 1 amide bonds. The third-order valence-electron chi connectivity index (χ3n) is 3.73. The van der Waals surface area contributed by atoms with Crippen LogP contribution in [0.15, 0.2) is 36.5 Å². The highest BCUT2D eigenvalue weighted by molar-refractivity contribution is 6.40. The number of nitrogens with one attached hydrogen (secondary N) is 1. The van der Waals surface area contributed by atoms with Crippen molar-refractivity contribution >= 4 is 46.4 Å². The van der Waals surface area contributed by atoms with E-state index in [4.69, 9.17) is 27.9 Å². The van der Waals surface area contributed by atoms with E-state index in [9.17, 15) is 9.59 Å². The Morgan fingerprint density at radius 3 is 2.54 bits per heavy atom. The molecule has 134 valence electrons. The van der Waals surface area contributed by atoms with Gasteiger partial charge in [0.1, 0.15) is 0 Å². The number of anilines is 1. The minimum atomic E-state index is -0.477. The molecule has 0 aliphatic rings. The number of esters is 1. The smallest absolute Gasteiger partial charge is 0.357 e. The first-order chi connectivity index (χ1) is 12.4. The summed E-state index contributed by atoms with van der Waals surface area (Å²) in [6.07, 6.45) is 1.68. The largest absolute Gasteiger partial charge is 0.461 e. The van der Waals surface area contributed by atoms with Crippen LogP contribution in [0.5, 0.6) is 0 Å². The monoisotopic (exact) mass is 391 g/mol. The number of fused-ring (bicyclic) bond motifs is 1. The highest BCUT2D eigenvalue weighted by Crippen LogP contribution is 2.27. The van der Waals surface area contributed by atoms with Crippen molar-refractivity contribution in [2.24, 2.45) is 0 Å². The molecule has 1 aromatic carbocycles. The lowest BCUT2D eigenvalue weighted by molar-refractivity contribution is 0.0517. The van der Waals surface area contributed by atoms with E-state index in [2.05, 4.69) is 10.3 Å². The Labute approximate surface area is 159 Å². The van der Waals surface area contributed by atoms with Crippen molar-refractivity contribution in [2.45, 2.75) is 13.8 Å². The van der Waals surface area contributed by atoms with Crippen LogP contribution in [0.1, 0.15) is 33.5 Å². The van der Waals surface area contributed by atoms with E-state index in [1.165, 1.54) is 0 Å². The average molecular weight is 392 g/mol. The van der Waals surface area contributed by atoms with Crippen LogP contribution in [0.3, 0.4) is 0 Å². The van der Waals surface area contributed by atoms with Crippen LogP contribution in [0.4, 0.5) is 5.69 Å². The van der Waals surface area contributed by atoms with Crippen molar-refractivity contribution in [3.63, 3.8) is 0 Å². The van der Waals surface area contributed by atoms with Crippen LogP contribution in [0, 0.1) is 6.92 Å². The molecule has 2 aromatic heterocycles. The molecule has 1 N–H and O–H groups in total. The number of halogens is 2. The van der Waals surface area contributed by atoms with Crippen LogP contribution in [-0.4, -0.2) is 27.9 Å². The fourth-order valence-electron chi connectivity index (χ4n) is 2.62. The quantitative estimate of drug-likeness (QED) is 0.669. The van der Waals surface area contributed by atoms with Gasteiger partial charge in [-0.15, -0.1) is 0 Å². The normalized spacial score (nSPS) is 10.8. The summed E-state index contributed by atoms with van der Waals surface area (Å²) in [7, 11) is 0. The number of aromatic nitrogens is 2. The number of benzene rings is 1. The van der Waals surface area contributed by atoms with Crippen molar-refractivity contribution in [3.8, 4) is 0 Å². The second-order valence-corrected chi connectivity index (χ2v) is 6.25. The minimum Gasteiger partial charge on any atom is -0.461 e. The summed E-state index contributed by atoms with van der Waals surface area (Å²) in [5.41, 5.74) is 1.83. The predicted octanol–water partition coefficient (Wildman–Crippen LogP) is 4.38. The summed E-state index contributed by atoms with van der Waals surface area (Å²) in [5, 5.41) is 3.24. The second kappa shape index (κ2) is 7.35. The Hall–Kier alpha value is -2.57. The van der Waals surface area contributed by atoms with Gasteiger partial charge in [0.25, 0.3) is 5.91 Å². The van der Waals surface area contributed by atoms with E-state index in [0.717, 1.165) is 0 Å². The first-order valence-electron chi connectivity index (χ1n) is 7.84. The molecule has 3 aromatic rings. The predicted molar refractivity (Wildman–Crippen MR) is 100 cm³/mol. The molecule has 0 atom stereocenters. The van der Waals surface area contributed by atoms with Crippen molar-refractivity contribution < 1.29 is 14.3 Å². The number of hydrogen-bond acceptors (Lipinski definition) is 4. The minimum absolute atomic E-state index is 0.173. The fraction of sp³-hybridized carbons (Fsp3) is 0.167. The lowest BCUT2D eigenvalue weighted by atomic mass is 10.2. The average Bonchev–Trinajstić information content (AvgIpc) is 2.92. The van der Waals surface area contributed by atoms with Crippen LogP contribution in [-0.2, 0) is 4.74 Å². The van der Waals surface area contributed by atoms with Gasteiger partial charge in [-0.2, -0.15) is 0 Å². The van der Waals surface area contributed by atoms with Gasteiger partial charge >= 0.3 is 5.97 Å². The topological polar surface area (TPSA) is 72.7 Å². The molecule has 0 aliphatic carbocycles. The fourth-order valence-corrected chi connectivity index (χ4v) is 3.19. The van der Waals surface area contributed by atoms with E-state index >= 15 is 0 Å². The highest BCUT2D eigenvalue weighted by atomic mass is 35.5. The number of aryl methyl sites for hydroxylation is 1. The van der Waals surface area contributed by atoms with E-state index in [-0.39, 0.29) is 22.2 Å². The molecule has 26 heavy (non-hydrogen) atoms. The number of imidazole rings is 1. The maximum Gasteiger partial charge on any atom is 0.357 e. The second-order valence-electron chi connectivity index (χ2n) is 5.43. The molecule has 8 heteroatoms. The molecule has 0 bridgehead atoms. The molecule has 0 radical (unpaired) electrons. The number of rotatable bonds is 4. The summed E-state index contributed by atoms with van der Waals surface area (Å²) in [4.78, 5) is 29.2. The van der Waals surface area contributed by atoms with Crippen LogP contribution >= 0.6 is 23.2 Å². The van der Waals surface area contributed by atoms with E-state index < -0.39 is 11.9 Å². The number of carbonyl (C=O) groups is 2. The maximum absolute atomic E-state index is 12.6. The molecular weight excluding hydrogens is 377 g/mol. The molecule has 6 nitrogen and oxygen atoms in total. The third-order valence-corrected chi connectivity index (χ3v) is 4.36. The number of nitrogens with zero attached hydrogens (tertiary/aromatic N) is 2. The number of carbonyl (C=O) groups excluding carboxylic acids is 2. The van der Waals surface area contributed by atoms with Crippen molar-refractivity contribution in [2.75, 3.05) is 11.9 Å². The Balaban J connectivity index is 2.03. The summed E-state index contributed by atoms with van der Waals surface area (Å²) in [6.45, 7) is 3.69. The molecule has 0 saturated carbocycles. The standard InChI is InChI=1S/C18H15Cl2N3O3/c1-3-26-18(25)15-10(2)21-16-13(8-5-9-23(15)16)22-17(24)14-11(19)6-4-7-12(14)20/h4-9H,3H2,1-2H3,(H,22,24). The lowest BCUT2D eigenvalue weighted by Gasteiger charge is -2.09. The first kappa shape index (κ1) is 18.2. The van der Waals surface area contributed by atoms with E-state index in [1.54, 1.807) is 54.8 Å². The van der Waals surface area contributed by atoms with Crippen LogP contribution in [0.2, 0.25) is 10.0 Å². The SMILES string of the molecule is CCOC(=O)c1c(C)nc2c(NC(=O)c3c(Cl)cccc3Cl)cccn12. The Kier molecular flexibility index (Phi) is 5.15. The van der Waals surface area contributed by atoms with Gasteiger partial charge < -0.3 is 10.1 Å². The lowest BCUT2D eigenvalue weighted by Crippen LogP contribution is -2.14. The van der Waals surface area contributed by atoms with Gasteiger partial charge in [0, 0.05) is 6.20 Å². The molecule has 3 rings (SSSR count). The number of amides is 1. The van der Waals surface area contributed by atoms with Crippen LogP contribution < -0.4 is 5.32 Å². The van der Waals surface area contributed by atoms with Gasteiger partial charge in [0.2, 0.25) is 0 Å². The molecule has 0 spiro atoms. The number of ether oxygens (including phenoxy) is 1. The Morgan fingerprint density at radius 2 is 1.88 bits per heavy atom. The van der Waals surface area contributed by atoms with Crippen molar-refractivity contribution in [1.29, 1.82) is 0 Å². The van der Waals surface area contributed by atoms with Gasteiger partial charge in [0.05, 0.1) is 33.6 Å². The summed E-state index contributed by atoms with van der Waals surface area (Å²) >= 11 is 12.2. The van der Waals surface area contributed by atoms with Gasteiger partial charge in [-0.1, -0.05) is 29.3 Å². The zero-order chi connectivity index (χ0) is 18.8. The summed E-state index contributed by atoms with van der Waals surface area (Å²) in [6, 6.07) is 8.20. The van der Waals surface area contributed by atoms with Gasteiger partial charge in [-0.25, -0.2) is 9.78 Å². The Bertz CT molecular complexity index is 994. The van der Waals surface area contributed by atoms with E-state index in [1.807, 2.05) is 0 Å². The number of pyridine rings is 1. The van der Waals surface area contributed by atoms with Crippen LogP contribution in [0.25, 0.3) is 5.65 Å². The summed E-state index contributed by atoms with van der Waals surface area (Å²) in [5.74, 6) is -0.942. The first-order valence-corrected chi connectivity index (χ1v) is 8.59. The Morgan fingerprint density at radius 1 is 1.19 bits per heavy atom. The zero-order valence-electron chi connectivity index (χ0n) is 14.0. The molecule has 0 unspecified atom stereocenters. The van der Waals surface area contributed by atoms with Gasteiger partial charge in [0.15, 0.2) is 11.3 Å². The molecular formula is C18H15Cl2N3O3. The van der Waals surface area contributed by atoms with Gasteiger partial charge in [-0.05, 0) is 38.1 Å². The summed E-state index contributed by atoms with van der Waals surface area (Å²) < 4.78 is 6.66. The number of hydrogen-bond donors (Lipinski definition) is 1. The molecule has 2 heterocycles. The molecule has 0 saturated heterocycles. The van der Waals surface area contributed by atoms with Crippen molar-refractivity contribution in [1.82, 2.24) is 9.38 Å². The maximum atomic E-state index is 12.6. The zero-order valence-corrected chi connectivity index (χ0v) is 15.6. The van der Waals surface area contributed by atoms with E-state index in [0.29, 0.717) is 22.7 Å². The van der Waals surface area contributed by atoms with Crippen molar-refractivity contribution in [3.05, 3.63) is 63.5 Å².